The van der Waals surface area contributed by atoms with E-state index in [4.69, 9.17) is 16.0 Å². The molecule has 1 amide bonds. The van der Waals surface area contributed by atoms with Crippen LogP contribution in [0.15, 0.2) is 75.5 Å². The minimum absolute atomic E-state index is 0.0542. The number of alkyl halides is 2. The normalized spacial score (nSPS) is 22.6. The Bertz CT molecular complexity index is 1730. The fourth-order valence-electron chi connectivity index (χ4n) is 5.48. The average molecular weight is 595 g/mol. The molecule has 4 aromatic rings. The molecule has 0 saturated heterocycles. The predicted molar refractivity (Wildman–Crippen MR) is 148 cm³/mol. The van der Waals surface area contributed by atoms with E-state index in [-0.39, 0.29) is 23.3 Å². The molecule has 6 rings (SSSR count). The minimum Gasteiger partial charge on any atom is -0.427 e. The number of nitrogens with zero attached hydrogens (tertiary/aromatic N) is 7. The lowest BCUT2D eigenvalue weighted by Crippen LogP contribution is -2.22. The van der Waals surface area contributed by atoms with Crippen molar-refractivity contribution in [1.29, 1.82) is 0 Å². The van der Waals surface area contributed by atoms with Crippen LogP contribution in [0.25, 0.3) is 11.3 Å². The van der Waals surface area contributed by atoms with Crippen LogP contribution in [0.3, 0.4) is 0 Å². The van der Waals surface area contributed by atoms with Crippen LogP contribution in [0.1, 0.15) is 67.6 Å². The summed E-state index contributed by atoms with van der Waals surface area (Å²) >= 11 is 6.29. The molecule has 11 nitrogen and oxygen atoms in total. The van der Waals surface area contributed by atoms with E-state index in [9.17, 15) is 18.4 Å². The largest absolute Gasteiger partial charge is 0.427 e. The molecule has 1 aliphatic heterocycles. The number of halogens is 3. The van der Waals surface area contributed by atoms with Gasteiger partial charge in [0, 0.05) is 39.9 Å². The summed E-state index contributed by atoms with van der Waals surface area (Å²) < 4.78 is 35.8. The van der Waals surface area contributed by atoms with Crippen molar-refractivity contribution in [1.82, 2.24) is 35.0 Å². The number of hydrogen-bond acceptors (Lipinski definition) is 8. The van der Waals surface area contributed by atoms with Crippen LogP contribution in [-0.2, 0) is 4.79 Å². The highest BCUT2D eigenvalue weighted by Gasteiger charge is 2.30. The molecule has 2 aliphatic rings. The van der Waals surface area contributed by atoms with E-state index in [1.807, 2.05) is 6.08 Å². The van der Waals surface area contributed by atoms with Gasteiger partial charge in [-0.2, -0.15) is 13.9 Å². The first kappa shape index (κ1) is 27.6. The Morgan fingerprint density at radius 3 is 2.81 bits per heavy atom. The first-order valence-corrected chi connectivity index (χ1v) is 13.7. The van der Waals surface area contributed by atoms with Gasteiger partial charge in [0.15, 0.2) is 0 Å². The number of nitrogens with one attached hydrogen (secondary N) is 1. The molecule has 4 atom stereocenters. The van der Waals surface area contributed by atoms with Crippen molar-refractivity contribution in [3.05, 3.63) is 93.7 Å². The zero-order chi connectivity index (χ0) is 29.4. The van der Waals surface area contributed by atoms with Gasteiger partial charge in [-0.1, -0.05) is 37.1 Å². The molecule has 1 N–H and O–H groups in total. The lowest BCUT2D eigenvalue weighted by molar-refractivity contribution is -0.119. The number of rotatable bonds is 4. The number of hydrogen-bond donors (Lipinski definition) is 1. The molecule has 0 aromatic carbocycles. The number of carbonyl (C=O) groups is 1. The minimum atomic E-state index is -2.93. The maximum atomic E-state index is 13.9. The van der Waals surface area contributed by atoms with Gasteiger partial charge < -0.3 is 9.73 Å². The summed E-state index contributed by atoms with van der Waals surface area (Å²) in [5.74, 6) is -1.30. The molecule has 0 saturated carbocycles. The molecule has 2 unspecified atom stereocenters. The smallest absolute Gasteiger partial charge is 0.339 e. The van der Waals surface area contributed by atoms with Crippen molar-refractivity contribution in [2.75, 3.05) is 5.32 Å². The molecule has 4 aromatic heterocycles. The third-order valence-corrected chi connectivity index (χ3v) is 7.89. The second kappa shape index (κ2) is 11.4. The van der Waals surface area contributed by atoms with Crippen LogP contribution in [-0.4, -0.2) is 40.9 Å². The highest BCUT2D eigenvalue weighted by molar-refractivity contribution is 6.31. The standard InChI is InChI=1S/C28H25ClF2N8O3/c1-15-3-2-4-18(21-11-16(9-10-32-21)25-22(35-26(15)40)13-34-39(25)28(30)31)19-6-8-24(42-27(19)41)20-12-17(29)5-7-23(20)38-14-33-36-37-38/h5-15,18,20,23,28H,2-4H2,1H3,(H,35,40)/t15-,18+,20?,23?/m1/s1. The molecule has 0 fully saturated rings. The van der Waals surface area contributed by atoms with Crippen LogP contribution in [0.5, 0.6) is 0 Å². The Morgan fingerprint density at radius 1 is 1.19 bits per heavy atom. The molecule has 42 heavy (non-hydrogen) atoms. The van der Waals surface area contributed by atoms with Gasteiger partial charge in [0.05, 0.1) is 29.5 Å². The van der Waals surface area contributed by atoms with Gasteiger partial charge in [0.2, 0.25) is 5.91 Å². The molecule has 216 valence electrons. The van der Waals surface area contributed by atoms with E-state index >= 15 is 0 Å². The number of aromatic nitrogens is 7. The summed E-state index contributed by atoms with van der Waals surface area (Å²) in [6, 6.07) is 6.28. The van der Waals surface area contributed by atoms with Crippen LogP contribution in [0, 0.1) is 5.92 Å². The average Bonchev–Trinajstić information content (AvgIpc) is 3.66. The van der Waals surface area contributed by atoms with Crippen LogP contribution < -0.4 is 10.9 Å². The summed E-state index contributed by atoms with van der Waals surface area (Å²) in [5.41, 5.74) is 0.922. The van der Waals surface area contributed by atoms with Crippen molar-refractivity contribution >= 4 is 23.2 Å². The van der Waals surface area contributed by atoms with Gasteiger partial charge in [-0.3, -0.25) is 9.78 Å². The first-order valence-electron chi connectivity index (χ1n) is 13.3. The van der Waals surface area contributed by atoms with E-state index in [0.29, 0.717) is 51.6 Å². The third kappa shape index (κ3) is 5.27. The molecule has 5 heterocycles. The van der Waals surface area contributed by atoms with Crippen LogP contribution in [0.2, 0.25) is 0 Å². The second-order valence-electron chi connectivity index (χ2n) is 10.3. The summed E-state index contributed by atoms with van der Waals surface area (Å²) in [7, 11) is 0. The summed E-state index contributed by atoms with van der Waals surface area (Å²) in [6.45, 7) is -1.16. The maximum absolute atomic E-state index is 13.9. The lowest BCUT2D eigenvalue weighted by Gasteiger charge is -2.24. The summed E-state index contributed by atoms with van der Waals surface area (Å²) in [4.78, 5) is 31.0. The van der Waals surface area contributed by atoms with Crippen molar-refractivity contribution in [3.8, 4) is 11.3 Å². The van der Waals surface area contributed by atoms with Crippen LogP contribution >= 0.6 is 11.6 Å². The number of amides is 1. The Morgan fingerprint density at radius 2 is 2.05 bits per heavy atom. The van der Waals surface area contributed by atoms with Gasteiger partial charge in [-0.05, 0) is 53.6 Å². The number of tetrazole rings is 1. The van der Waals surface area contributed by atoms with Gasteiger partial charge in [0.25, 0.3) is 0 Å². The Balaban J connectivity index is 1.41. The molecular formula is C28H25ClF2N8O3. The van der Waals surface area contributed by atoms with Crippen LogP contribution in [0.4, 0.5) is 14.5 Å². The van der Waals surface area contributed by atoms with E-state index in [0.717, 1.165) is 0 Å². The molecule has 14 heteroatoms. The van der Waals surface area contributed by atoms with E-state index in [1.54, 1.807) is 48.0 Å². The molecular weight excluding hydrogens is 570 g/mol. The maximum Gasteiger partial charge on any atom is 0.339 e. The van der Waals surface area contributed by atoms with Crippen molar-refractivity contribution < 1.29 is 18.0 Å². The zero-order valence-corrected chi connectivity index (χ0v) is 23.0. The molecule has 2 bridgehead atoms. The van der Waals surface area contributed by atoms with Crippen molar-refractivity contribution in [2.45, 2.75) is 50.6 Å². The third-order valence-electron chi connectivity index (χ3n) is 7.63. The van der Waals surface area contributed by atoms with E-state index in [1.165, 1.54) is 18.7 Å². The summed E-state index contributed by atoms with van der Waals surface area (Å²) in [6.07, 6.45) is 11.1. The lowest BCUT2D eigenvalue weighted by atomic mass is 9.87. The molecule has 0 spiro atoms. The monoisotopic (exact) mass is 594 g/mol. The first-order chi connectivity index (χ1) is 20.3. The highest BCUT2D eigenvalue weighted by atomic mass is 35.5. The van der Waals surface area contributed by atoms with E-state index < -0.39 is 29.9 Å². The zero-order valence-electron chi connectivity index (χ0n) is 22.3. The van der Waals surface area contributed by atoms with Gasteiger partial charge in [-0.15, -0.1) is 5.10 Å². The van der Waals surface area contributed by atoms with Gasteiger partial charge >= 0.3 is 12.2 Å². The number of anilines is 1. The Kier molecular flexibility index (Phi) is 7.50. The van der Waals surface area contributed by atoms with Gasteiger partial charge in [0.1, 0.15) is 12.1 Å². The van der Waals surface area contributed by atoms with Gasteiger partial charge in [-0.25, -0.2) is 14.2 Å². The number of pyridine rings is 1. The SMILES string of the molecule is C[C@@H]1CCC[C@@H](c2ccc(C3C=C(Cl)C=CC3n3cnnn3)oc2=O)c2cc(ccn2)-c2c(cnn2C(F)F)NC1=O. The Hall–Kier alpha value is -4.52. The van der Waals surface area contributed by atoms with E-state index in [2.05, 4.69) is 30.9 Å². The fraction of sp³-hybridized carbons (Fsp3) is 0.321. The quantitative estimate of drug-likeness (QED) is 0.341. The summed E-state index contributed by atoms with van der Waals surface area (Å²) in [5, 5.41) is 18.4. The topological polar surface area (TPSA) is 134 Å². The number of fused-ring (bicyclic) bond motifs is 4. The Labute approximate surface area is 242 Å². The number of carbonyl (C=O) groups excluding carboxylic acids is 1. The molecule has 1 aliphatic carbocycles. The second-order valence-corrected chi connectivity index (χ2v) is 10.7. The predicted octanol–water partition coefficient (Wildman–Crippen LogP) is 5.19. The highest BCUT2D eigenvalue weighted by Crippen LogP contribution is 2.38. The van der Waals surface area contributed by atoms with Crippen molar-refractivity contribution in [2.24, 2.45) is 5.92 Å². The molecule has 0 radical (unpaired) electrons. The fourth-order valence-corrected chi connectivity index (χ4v) is 5.68. The number of allylic oxidation sites excluding steroid dienone is 4. The van der Waals surface area contributed by atoms with Crippen molar-refractivity contribution in [3.63, 3.8) is 0 Å².